The maximum atomic E-state index is 11.8. The van der Waals surface area contributed by atoms with Crippen molar-refractivity contribution in [1.29, 1.82) is 0 Å². The summed E-state index contributed by atoms with van der Waals surface area (Å²) in [5.74, 6) is -0.539. The molecule has 94 valence electrons. The van der Waals surface area contributed by atoms with E-state index >= 15 is 0 Å². The molecule has 0 amide bonds. The number of carbonyl (C=O) groups is 1. The summed E-state index contributed by atoms with van der Waals surface area (Å²) in [4.78, 5) is 26.1. The van der Waals surface area contributed by atoms with Gasteiger partial charge < -0.3 is 4.74 Å². The number of nitrogens with zero attached hydrogens (tertiary/aromatic N) is 3. The van der Waals surface area contributed by atoms with E-state index in [2.05, 4.69) is 4.98 Å². The van der Waals surface area contributed by atoms with Crippen LogP contribution in [0.3, 0.4) is 0 Å². The smallest absolute Gasteiger partial charge is 0.357 e. The van der Waals surface area contributed by atoms with Gasteiger partial charge in [-0.3, -0.25) is 14.5 Å². The molecule has 2 aromatic rings. The van der Waals surface area contributed by atoms with Crippen LogP contribution in [-0.2, 0) is 4.74 Å². The molecule has 0 N–H and O–H groups in total. The molecule has 0 aliphatic rings. The molecular weight excluding hydrogens is 238 g/mol. The second kappa shape index (κ2) is 4.44. The summed E-state index contributed by atoms with van der Waals surface area (Å²) in [5, 5.41) is 10.7. The molecule has 0 bridgehead atoms. The number of aryl methyl sites for hydroxylation is 1. The van der Waals surface area contributed by atoms with Gasteiger partial charge in [0.25, 0.3) is 5.69 Å². The molecule has 18 heavy (non-hydrogen) atoms. The van der Waals surface area contributed by atoms with E-state index in [4.69, 9.17) is 4.74 Å². The Hall–Kier alpha value is -2.44. The van der Waals surface area contributed by atoms with E-state index in [1.807, 2.05) is 0 Å². The van der Waals surface area contributed by atoms with E-state index in [0.29, 0.717) is 11.3 Å². The Morgan fingerprint density at radius 1 is 1.56 bits per heavy atom. The number of esters is 1. The zero-order valence-electron chi connectivity index (χ0n) is 9.91. The summed E-state index contributed by atoms with van der Waals surface area (Å²) in [7, 11) is 0. The van der Waals surface area contributed by atoms with Gasteiger partial charge in [-0.05, 0) is 19.9 Å². The van der Waals surface area contributed by atoms with Gasteiger partial charge in [0.15, 0.2) is 5.69 Å². The quantitative estimate of drug-likeness (QED) is 0.469. The lowest BCUT2D eigenvalue weighted by molar-refractivity contribution is -0.385. The fourth-order valence-electron chi connectivity index (χ4n) is 1.70. The summed E-state index contributed by atoms with van der Waals surface area (Å²) in [5.41, 5.74) is 1.07. The van der Waals surface area contributed by atoms with Crippen LogP contribution in [0.1, 0.15) is 23.1 Å². The molecule has 0 spiro atoms. The lowest BCUT2D eigenvalue weighted by Gasteiger charge is -2.02. The van der Waals surface area contributed by atoms with Crippen LogP contribution >= 0.6 is 0 Å². The van der Waals surface area contributed by atoms with Crippen molar-refractivity contribution < 1.29 is 14.5 Å². The van der Waals surface area contributed by atoms with Crippen LogP contribution < -0.4 is 0 Å². The second-order valence-electron chi connectivity index (χ2n) is 3.64. The highest BCUT2D eigenvalue weighted by Crippen LogP contribution is 2.18. The molecule has 7 nitrogen and oxygen atoms in total. The number of carbonyl (C=O) groups excluding carboxylic acids is 1. The Morgan fingerprint density at radius 3 is 2.89 bits per heavy atom. The third kappa shape index (κ3) is 1.90. The monoisotopic (exact) mass is 249 g/mol. The molecule has 0 unspecified atom stereocenters. The van der Waals surface area contributed by atoms with Gasteiger partial charge in [0.2, 0.25) is 0 Å². The zero-order valence-corrected chi connectivity index (χ0v) is 9.91. The van der Waals surface area contributed by atoms with Crippen molar-refractivity contribution in [3.8, 4) is 0 Å². The van der Waals surface area contributed by atoms with Crippen molar-refractivity contribution in [2.45, 2.75) is 13.8 Å². The normalized spacial score (nSPS) is 10.6. The SMILES string of the molecule is CCOC(=O)c1c(C)nc2ccc([N+](=O)[O-])cn12. The first kappa shape index (κ1) is 12.0. The molecule has 0 saturated heterocycles. The first-order valence-electron chi connectivity index (χ1n) is 5.34. The molecule has 2 rings (SSSR count). The van der Waals surface area contributed by atoms with Crippen LogP contribution in [0.15, 0.2) is 18.3 Å². The summed E-state index contributed by atoms with van der Waals surface area (Å²) in [6, 6.07) is 2.84. The van der Waals surface area contributed by atoms with Crippen LogP contribution in [0.2, 0.25) is 0 Å². The van der Waals surface area contributed by atoms with E-state index in [1.54, 1.807) is 13.8 Å². The van der Waals surface area contributed by atoms with Crippen LogP contribution in [0.4, 0.5) is 5.69 Å². The van der Waals surface area contributed by atoms with E-state index < -0.39 is 10.9 Å². The predicted molar refractivity (Wildman–Crippen MR) is 62.5 cm³/mol. The van der Waals surface area contributed by atoms with Gasteiger partial charge in [-0.15, -0.1) is 0 Å². The molecule has 0 radical (unpaired) electrons. The molecule has 2 heterocycles. The maximum absolute atomic E-state index is 11.8. The third-order valence-corrected chi connectivity index (χ3v) is 2.46. The molecule has 0 fully saturated rings. The van der Waals surface area contributed by atoms with Crippen molar-refractivity contribution in [3.63, 3.8) is 0 Å². The summed E-state index contributed by atoms with van der Waals surface area (Å²) < 4.78 is 6.29. The molecule has 2 aromatic heterocycles. The number of pyridine rings is 1. The van der Waals surface area contributed by atoms with Crippen LogP contribution in [0.5, 0.6) is 0 Å². The highest BCUT2D eigenvalue weighted by atomic mass is 16.6. The number of aromatic nitrogens is 2. The van der Waals surface area contributed by atoms with E-state index in [9.17, 15) is 14.9 Å². The fourth-order valence-corrected chi connectivity index (χ4v) is 1.70. The number of ether oxygens (including phenoxy) is 1. The molecule has 0 saturated carbocycles. The Labute approximate surface area is 102 Å². The fraction of sp³-hybridized carbons (Fsp3) is 0.273. The highest BCUT2D eigenvalue weighted by molar-refractivity contribution is 5.90. The Balaban J connectivity index is 2.64. The number of nitro groups is 1. The summed E-state index contributed by atoms with van der Waals surface area (Å²) >= 11 is 0. The molecule has 0 atom stereocenters. The largest absolute Gasteiger partial charge is 0.461 e. The van der Waals surface area contributed by atoms with Gasteiger partial charge in [0, 0.05) is 6.07 Å². The van der Waals surface area contributed by atoms with Crippen molar-refractivity contribution >= 4 is 17.3 Å². The standard InChI is InChI=1S/C11H11N3O4/c1-3-18-11(15)10-7(2)12-9-5-4-8(14(16)17)6-13(9)10/h4-6H,3H2,1-2H3. The highest BCUT2D eigenvalue weighted by Gasteiger charge is 2.19. The van der Waals surface area contributed by atoms with Gasteiger partial charge in [0.1, 0.15) is 5.65 Å². The predicted octanol–water partition coefficient (Wildman–Crippen LogP) is 1.73. The zero-order chi connectivity index (χ0) is 13.3. The topological polar surface area (TPSA) is 86.7 Å². The number of fused-ring (bicyclic) bond motifs is 1. The van der Waals surface area contributed by atoms with Gasteiger partial charge in [-0.2, -0.15) is 0 Å². The third-order valence-electron chi connectivity index (χ3n) is 2.46. The van der Waals surface area contributed by atoms with Crippen molar-refractivity contribution in [2.75, 3.05) is 6.61 Å². The molecule has 7 heteroatoms. The maximum Gasteiger partial charge on any atom is 0.357 e. The van der Waals surface area contributed by atoms with Crippen molar-refractivity contribution in [3.05, 3.63) is 39.8 Å². The first-order valence-corrected chi connectivity index (χ1v) is 5.34. The van der Waals surface area contributed by atoms with Gasteiger partial charge in [-0.25, -0.2) is 9.78 Å². The molecular formula is C11H11N3O4. The van der Waals surface area contributed by atoms with Crippen LogP contribution in [-0.4, -0.2) is 26.9 Å². The van der Waals surface area contributed by atoms with Crippen molar-refractivity contribution in [1.82, 2.24) is 9.38 Å². The molecule has 0 aliphatic carbocycles. The lowest BCUT2D eigenvalue weighted by Crippen LogP contribution is -2.09. The van der Waals surface area contributed by atoms with E-state index in [-0.39, 0.29) is 18.0 Å². The summed E-state index contributed by atoms with van der Waals surface area (Å²) in [6.07, 6.45) is 1.27. The Morgan fingerprint density at radius 2 is 2.28 bits per heavy atom. The second-order valence-corrected chi connectivity index (χ2v) is 3.64. The Bertz CT molecular complexity index is 632. The van der Waals surface area contributed by atoms with Crippen molar-refractivity contribution in [2.24, 2.45) is 0 Å². The van der Waals surface area contributed by atoms with Gasteiger partial charge >= 0.3 is 5.97 Å². The Kier molecular flexibility index (Phi) is 2.97. The minimum absolute atomic E-state index is 0.106. The number of hydrogen-bond donors (Lipinski definition) is 0. The first-order chi connectivity index (χ1) is 8.54. The average Bonchev–Trinajstić information content (AvgIpc) is 2.63. The number of hydrogen-bond acceptors (Lipinski definition) is 5. The molecule has 0 aromatic carbocycles. The van der Waals surface area contributed by atoms with Gasteiger partial charge in [-0.1, -0.05) is 0 Å². The number of rotatable bonds is 3. The minimum Gasteiger partial charge on any atom is -0.461 e. The summed E-state index contributed by atoms with van der Waals surface area (Å²) in [6.45, 7) is 3.59. The lowest BCUT2D eigenvalue weighted by atomic mass is 10.3. The number of imidazole rings is 1. The van der Waals surface area contributed by atoms with E-state index in [0.717, 1.165) is 0 Å². The van der Waals surface area contributed by atoms with Crippen LogP contribution in [0.25, 0.3) is 5.65 Å². The van der Waals surface area contributed by atoms with Crippen LogP contribution in [0, 0.1) is 17.0 Å². The van der Waals surface area contributed by atoms with Gasteiger partial charge in [0.05, 0.1) is 23.4 Å². The molecule has 0 aliphatic heterocycles. The van der Waals surface area contributed by atoms with E-state index in [1.165, 1.54) is 22.7 Å². The average molecular weight is 249 g/mol. The minimum atomic E-state index is -0.539.